The van der Waals surface area contributed by atoms with Crippen molar-refractivity contribution in [3.8, 4) is 0 Å². The number of hydrogen-bond acceptors (Lipinski definition) is 9. The van der Waals surface area contributed by atoms with Crippen LogP contribution in [0, 0.1) is 0 Å². The molecule has 0 aliphatic rings. The molecule has 0 fully saturated rings. The summed E-state index contributed by atoms with van der Waals surface area (Å²) in [5.41, 5.74) is 10.5. The van der Waals surface area contributed by atoms with Crippen LogP contribution in [0.15, 0.2) is 0 Å². The molecular formula is C15H27N5O9SSe. The summed E-state index contributed by atoms with van der Waals surface area (Å²) < 4.78 is 0. The SMILES string of the molecule is NC(CCC(=O)NC(CS)C(=O)NCC(=O)O)C(=O)O.N[C@@H](C[SeH])C(=O)NCC(=O)O. The van der Waals surface area contributed by atoms with Gasteiger partial charge < -0.3 is 26.6 Å². The fourth-order valence-electron chi connectivity index (χ4n) is 1.53. The molecule has 0 bridgehead atoms. The molecule has 0 saturated heterocycles. The Morgan fingerprint density at radius 1 is 0.871 bits per heavy atom. The zero-order valence-corrected chi connectivity index (χ0v) is 19.1. The van der Waals surface area contributed by atoms with Crippen LogP contribution < -0.4 is 27.4 Å². The van der Waals surface area contributed by atoms with Crippen molar-refractivity contribution in [2.24, 2.45) is 11.5 Å². The minimum absolute atomic E-state index is 0.0256. The fraction of sp³-hybridized carbons (Fsp3) is 0.600. The molecule has 0 spiro atoms. The quantitative estimate of drug-likeness (QED) is 0.0809. The van der Waals surface area contributed by atoms with E-state index >= 15 is 0 Å². The summed E-state index contributed by atoms with van der Waals surface area (Å²) in [6.07, 6.45) is -0.235. The Kier molecular flexibility index (Phi) is 17.2. The molecular weight excluding hydrogens is 505 g/mol. The molecule has 178 valence electrons. The number of amides is 3. The molecule has 3 atom stereocenters. The fourth-order valence-corrected chi connectivity index (χ4v) is 2.14. The molecule has 0 aromatic heterocycles. The second kappa shape index (κ2) is 17.3. The molecule has 2 unspecified atom stereocenters. The first kappa shape index (κ1) is 30.8. The maximum absolute atomic E-state index is 11.5. The third-order valence-electron chi connectivity index (χ3n) is 3.20. The summed E-state index contributed by atoms with van der Waals surface area (Å²) in [6.45, 7) is -0.942. The zero-order chi connectivity index (χ0) is 24.6. The predicted molar refractivity (Wildman–Crippen MR) is 112 cm³/mol. The van der Waals surface area contributed by atoms with Crippen LogP contribution in [-0.2, 0) is 28.8 Å². The maximum atomic E-state index is 11.5. The van der Waals surface area contributed by atoms with E-state index in [0.29, 0.717) is 5.32 Å². The number of rotatable bonds is 13. The molecule has 0 aromatic carbocycles. The van der Waals surface area contributed by atoms with Gasteiger partial charge in [0.15, 0.2) is 0 Å². The minimum atomic E-state index is -1.22. The van der Waals surface area contributed by atoms with Gasteiger partial charge in [-0.15, -0.1) is 0 Å². The van der Waals surface area contributed by atoms with Crippen molar-refractivity contribution < 1.29 is 44.1 Å². The Labute approximate surface area is 191 Å². The van der Waals surface area contributed by atoms with Crippen molar-refractivity contribution >= 4 is 64.3 Å². The Hall–Kier alpha value is -2.39. The number of carboxylic acid groups (broad SMARTS) is 3. The van der Waals surface area contributed by atoms with Crippen LogP contribution in [-0.4, -0.2) is 104 Å². The second-order valence-electron chi connectivity index (χ2n) is 5.80. The zero-order valence-electron chi connectivity index (χ0n) is 16.3. The first-order valence-electron chi connectivity index (χ1n) is 8.59. The Bertz CT molecular complexity index is 652. The third-order valence-corrected chi connectivity index (χ3v) is 4.39. The predicted octanol–water partition coefficient (Wildman–Crippen LogP) is -4.37. The van der Waals surface area contributed by atoms with E-state index in [2.05, 4.69) is 44.6 Å². The number of nitrogens with two attached hydrogens (primary N) is 2. The van der Waals surface area contributed by atoms with Crippen LogP contribution in [0.5, 0.6) is 0 Å². The van der Waals surface area contributed by atoms with Gasteiger partial charge in [0.2, 0.25) is 11.8 Å². The number of nitrogens with one attached hydrogen (secondary N) is 3. The number of aliphatic carboxylic acids is 3. The summed E-state index contributed by atoms with van der Waals surface area (Å²) in [7, 11) is 0. The summed E-state index contributed by atoms with van der Waals surface area (Å²) in [6, 6.07) is -2.78. The summed E-state index contributed by atoms with van der Waals surface area (Å²) >= 11 is 6.04. The molecule has 0 saturated carbocycles. The van der Waals surface area contributed by atoms with Crippen LogP contribution in [0.4, 0.5) is 0 Å². The Balaban J connectivity index is 0. The van der Waals surface area contributed by atoms with Crippen LogP contribution in [0.3, 0.4) is 0 Å². The molecule has 14 nitrogen and oxygen atoms in total. The standard InChI is InChI=1S/C10H17N3O6S.C5H10N2O3Se/c11-5(10(18)19)1-2-7(14)13-6(4-20)9(17)12-3-8(15)16;6-3(2-11)5(10)7-1-4(8)9/h5-6,20H,1-4,11H2,(H,12,17)(H,13,14)(H,15,16)(H,18,19);3,11H,1-2,6H2,(H,7,10)(H,8,9)/t;3-/m.0/s1. The van der Waals surface area contributed by atoms with Crippen molar-refractivity contribution in [1.29, 1.82) is 0 Å². The van der Waals surface area contributed by atoms with Gasteiger partial charge in [-0.25, -0.2) is 0 Å². The molecule has 0 rings (SSSR count). The number of carbonyl (C=O) groups is 6. The van der Waals surface area contributed by atoms with Gasteiger partial charge in [-0.05, 0) is 6.42 Å². The molecule has 16 heteroatoms. The summed E-state index contributed by atoms with van der Waals surface area (Å²) in [5.74, 6) is -5.21. The Morgan fingerprint density at radius 2 is 1.35 bits per heavy atom. The normalized spacial score (nSPS) is 12.8. The van der Waals surface area contributed by atoms with E-state index in [-0.39, 0.29) is 25.1 Å². The number of thiol groups is 1. The molecule has 0 aliphatic heterocycles. The van der Waals surface area contributed by atoms with Crippen LogP contribution in [0.1, 0.15) is 12.8 Å². The number of carboxylic acids is 3. The Morgan fingerprint density at radius 3 is 1.74 bits per heavy atom. The molecule has 31 heavy (non-hydrogen) atoms. The average molecular weight is 532 g/mol. The van der Waals surface area contributed by atoms with E-state index < -0.39 is 60.3 Å². The van der Waals surface area contributed by atoms with Crippen molar-refractivity contribution in [1.82, 2.24) is 16.0 Å². The van der Waals surface area contributed by atoms with Crippen molar-refractivity contribution in [3.63, 3.8) is 0 Å². The van der Waals surface area contributed by atoms with Crippen molar-refractivity contribution in [2.45, 2.75) is 36.3 Å². The molecule has 0 aromatic rings. The topological polar surface area (TPSA) is 251 Å². The second-order valence-corrected chi connectivity index (χ2v) is 6.93. The van der Waals surface area contributed by atoms with E-state index in [9.17, 15) is 28.8 Å². The van der Waals surface area contributed by atoms with Gasteiger partial charge in [0.25, 0.3) is 0 Å². The van der Waals surface area contributed by atoms with Crippen LogP contribution in [0.25, 0.3) is 0 Å². The molecule has 0 heterocycles. The number of carbonyl (C=O) groups excluding carboxylic acids is 3. The van der Waals surface area contributed by atoms with Crippen LogP contribution >= 0.6 is 12.6 Å². The van der Waals surface area contributed by atoms with E-state index in [4.69, 9.17) is 26.8 Å². The monoisotopic (exact) mass is 533 g/mol. The van der Waals surface area contributed by atoms with E-state index in [1.807, 2.05) is 0 Å². The van der Waals surface area contributed by atoms with Gasteiger partial charge in [0.05, 0.1) is 0 Å². The molecule has 3 amide bonds. The molecule has 10 N–H and O–H groups in total. The molecule has 0 radical (unpaired) electrons. The third kappa shape index (κ3) is 17.0. The van der Waals surface area contributed by atoms with Gasteiger partial charge in [0, 0.05) is 12.2 Å². The van der Waals surface area contributed by atoms with Crippen LogP contribution in [0.2, 0.25) is 5.32 Å². The first-order chi connectivity index (χ1) is 14.3. The van der Waals surface area contributed by atoms with Crippen molar-refractivity contribution in [3.05, 3.63) is 0 Å². The first-order valence-corrected chi connectivity index (χ1v) is 10.6. The summed E-state index contributed by atoms with van der Waals surface area (Å²) in [4.78, 5) is 64.5. The van der Waals surface area contributed by atoms with Gasteiger partial charge in [0.1, 0.15) is 18.6 Å². The van der Waals surface area contributed by atoms with Crippen molar-refractivity contribution in [2.75, 3.05) is 18.8 Å². The van der Waals surface area contributed by atoms with E-state index in [1.54, 1.807) is 0 Å². The van der Waals surface area contributed by atoms with E-state index in [0.717, 1.165) is 0 Å². The van der Waals surface area contributed by atoms with Gasteiger partial charge in [-0.1, -0.05) is 0 Å². The number of hydrogen-bond donors (Lipinski definition) is 9. The molecule has 0 aliphatic carbocycles. The van der Waals surface area contributed by atoms with Gasteiger partial charge in [-0.2, -0.15) is 12.6 Å². The van der Waals surface area contributed by atoms with Gasteiger partial charge in [-0.3, -0.25) is 19.2 Å². The average Bonchev–Trinajstić information content (AvgIpc) is 2.71. The van der Waals surface area contributed by atoms with E-state index in [1.165, 1.54) is 0 Å². The summed E-state index contributed by atoms with van der Waals surface area (Å²) in [5, 5.41) is 32.1. The van der Waals surface area contributed by atoms with Gasteiger partial charge >= 0.3 is 83.5 Å².